The zero-order chi connectivity index (χ0) is 38.5. The van der Waals surface area contributed by atoms with Gasteiger partial charge in [0.05, 0.1) is 32.6 Å². The molecule has 0 bridgehead atoms. The number of nitrogens with one attached hydrogen (secondary N) is 2. The van der Waals surface area contributed by atoms with Gasteiger partial charge in [0.1, 0.15) is 29.4 Å². The number of hydrazine groups is 1. The molecule has 0 fully saturated rings. The number of pyridine rings is 1. The first-order valence-corrected chi connectivity index (χ1v) is 16.3. The van der Waals surface area contributed by atoms with Gasteiger partial charge in [-0.25, -0.2) is 19.8 Å². The third kappa shape index (κ3) is 8.65. The summed E-state index contributed by atoms with van der Waals surface area (Å²) in [7, 11) is 4.27. The normalized spacial score (nSPS) is 11.4. The Bertz CT molecular complexity index is 1950. The number of rotatable bonds is 8. The zero-order valence-electron chi connectivity index (χ0n) is 31.3. The van der Waals surface area contributed by atoms with Crippen molar-refractivity contribution in [3.05, 3.63) is 70.8 Å². The molecular weight excluding hydrogens is 674 g/mol. The van der Waals surface area contributed by atoms with Crippen molar-refractivity contribution in [1.82, 2.24) is 20.4 Å². The van der Waals surface area contributed by atoms with Gasteiger partial charge in [0.25, 0.3) is 11.8 Å². The van der Waals surface area contributed by atoms with E-state index in [4.69, 9.17) is 33.4 Å². The molecule has 2 N–H and O–H groups in total. The van der Waals surface area contributed by atoms with E-state index in [1.54, 1.807) is 91.8 Å². The van der Waals surface area contributed by atoms with Gasteiger partial charge in [-0.2, -0.15) is 9.88 Å². The van der Waals surface area contributed by atoms with Crippen LogP contribution in [0.15, 0.2) is 48.5 Å². The smallest absolute Gasteiger partial charge is 0.426 e. The van der Waals surface area contributed by atoms with Gasteiger partial charge in [-0.05, 0) is 78.6 Å². The number of benzene rings is 2. The van der Waals surface area contributed by atoms with Crippen molar-refractivity contribution in [3.63, 3.8) is 0 Å². The molecular formula is C37H45N5O10. The Morgan fingerprint density at radius 3 is 1.92 bits per heavy atom. The van der Waals surface area contributed by atoms with Crippen LogP contribution < -0.4 is 30.0 Å². The number of imide groups is 1. The average molecular weight is 720 g/mol. The lowest BCUT2D eigenvalue weighted by Gasteiger charge is -2.30. The van der Waals surface area contributed by atoms with Gasteiger partial charge in [-0.3, -0.25) is 14.8 Å². The summed E-state index contributed by atoms with van der Waals surface area (Å²) in [4.78, 5) is 60.9. The first kappa shape index (κ1) is 38.8. The lowest BCUT2D eigenvalue weighted by Crippen LogP contribution is -2.46. The summed E-state index contributed by atoms with van der Waals surface area (Å²) in [6.45, 7) is 13.2. The molecule has 0 saturated heterocycles. The van der Waals surface area contributed by atoms with E-state index in [0.717, 1.165) is 5.56 Å². The molecule has 0 aliphatic carbocycles. The van der Waals surface area contributed by atoms with Gasteiger partial charge in [-0.15, -0.1) is 0 Å². The summed E-state index contributed by atoms with van der Waals surface area (Å²) in [6.07, 6.45) is -3.30. The molecule has 15 heteroatoms. The maximum atomic E-state index is 14.4. The first-order chi connectivity index (χ1) is 24.4. The van der Waals surface area contributed by atoms with Gasteiger partial charge in [0.2, 0.25) is 0 Å². The highest BCUT2D eigenvalue weighted by molar-refractivity contribution is 6.20. The molecule has 4 aromatic rings. The molecule has 0 radical (unpaired) electrons. The topological polar surface area (TPSA) is 169 Å². The third-order valence-corrected chi connectivity index (χ3v) is 7.37. The standard InChI is InChI=1S/C37H45N5O10/c1-21-17-18-25(47-9)22(2)28(21)41-29-24(19-26(48-10)31(38-29)49-11)27(30(43)39-40-33(44)50-20-23-15-13-12-14-16-23)32(41)42(34(45)51-36(3,4)5)35(46)52-37(6,7)8/h12-19H,20H2,1-11H3,(H,39,43)(H,40,44). The molecule has 0 saturated carbocycles. The zero-order valence-corrected chi connectivity index (χ0v) is 31.3. The minimum Gasteiger partial charge on any atom is -0.496 e. The van der Waals surface area contributed by atoms with E-state index in [9.17, 15) is 19.2 Å². The minimum atomic E-state index is -1.16. The molecule has 0 aliphatic rings. The molecule has 278 valence electrons. The maximum Gasteiger partial charge on any atom is 0.426 e. The van der Waals surface area contributed by atoms with E-state index in [1.807, 2.05) is 6.07 Å². The lowest BCUT2D eigenvalue weighted by atomic mass is 10.1. The molecule has 4 rings (SSSR count). The highest BCUT2D eigenvalue weighted by Crippen LogP contribution is 2.43. The van der Waals surface area contributed by atoms with Gasteiger partial charge < -0.3 is 28.4 Å². The number of carbonyl (C=O) groups excluding carboxylic acids is 4. The van der Waals surface area contributed by atoms with E-state index < -0.39 is 35.4 Å². The molecule has 2 aromatic carbocycles. The van der Waals surface area contributed by atoms with E-state index >= 15 is 0 Å². The fourth-order valence-electron chi connectivity index (χ4n) is 5.27. The van der Waals surface area contributed by atoms with Crippen LogP contribution in [0.5, 0.6) is 17.4 Å². The van der Waals surface area contributed by atoms with E-state index in [-0.39, 0.29) is 40.7 Å². The van der Waals surface area contributed by atoms with Crippen LogP contribution in [0.4, 0.5) is 20.2 Å². The Balaban J connectivity index is 2.07. The summed E-state index contributed by atoms with van der Waals surface area (Å²) in [5.41, 5.74) is 4.54. The Kier molecular flexibility index (Phi) is 11.6. The highest BCUT2D eigenvalue weighted by Gasteiger charge is 2.41. The number of aromatic nitrogens is 2. The van der Waals surface area contributed by atoms with Crippen molar-refractivity contribution in [2.75, 3.05) is 26.2 Å². The molecule has 4 amide bonds. The number of methoxy groups -OCH3 is 3. The maximum absolute atomic E-state index is 14.4. The Morgan fingerprint density at radius 2 is 1.38 bits per heavy atom. The number of hydrogen-bond acceptors (Lipinski definition) is 11. The number of aryl methyl sites for hydroxylation is 1. The number of nitrogens with zero attached hydrogens (tertiary/aromatic N) is 3. The molecule has 0 unspecified atom stereocenters. The molecule has 52 heavy (non-hydrogen) atoms. The number of anilines is 1. The van der Waals surface area contributed by atoms with Crippen LogP contribution >= 0.6 is 0 Å². The Labute approximate surface area is 302 Å². The van der Waals surface area contributed by atoms with E-state index in [2.05, 4.69) is 10.9 Å². The van der Waals surface area contributed by atoms with Crippen molar-refractivity contribution >= 4 is 41.0 Å². The molecule has 0 atom stereocenters. The predicted octanol–water partition coefficient (Wildman–Crippen LogP) is 6.92. The van der Waals surface area contributed by atoms with Gasteiger partial charge in [0, 0.05) is 10.9 Å². The van der Waals surface area contributed by atoms with Crippen LogP contribution in [-0.4, -0.2) is 66.3 Å². The van der Waals surface area contributed by atoms with Crippen LogP contribution in [0, 0.1) is 13.8 Å². The number of fused-ring (bicyclic) bond motifs is 1. The highest BCUT2D eigenvalue weighted by atomic mass is 16.6. The van der Waals surface area contributed by atoms with Crippen LogP contribution in [-0.2, 0) is 20.8 Å². The van der Waals surface area contributed by atoms with Crippen LogP contribution in [0.3, 0.4) is 0 Å². The number of ether oxygens (including phenoxy) is 6. The second-order valence-corrected chi connectivity index (χ2v) is 13.6. The fraction of sp³-hybridized carbons (Fsp3) is 0.378. The molecule has 15 nitrogen and oxygen atoms in total. The van der Waals surface area contributed by atoms with Gasteiger partial charge in [-0.1, -0.05) is 36.4 Å². The number of amides is 4. The number of carbonyl (C=O) groups is 4. The molecule has 2 heterocycles. The summed E-state index contributed by atoms with van der Waals surface area (Å²) in [5.74, 6) is -0.654. The summed E-state index contributed by atoms with van der Waals surface area (Å²) in [5, 5.41) is 0.100. The second-order valence-electron chi connectivity index (χ2n) is 13.6. The van der Waals surface area contributed by atoms with Crippen molar-refractivity contribution in [2.24, 2.45) is 0 Å². The first-order valence-electron chi connectivity index (χ1n) is 16.3. The van der Waals surface area contributed by atoms with Crippen molar-refractivity contribution in [1.29, 1.82) is 0 Å². The number of hydrogen-bond donors (Lipinski definition) is 2. The average Bonchev–Trinajstić information content (AvgIpc) is 3.37. The lowest BCUT2D eigenvalue weighted by molar-refractivity contribution is 0.0428. The van der Waals surface area contributed by atoms with Crippen molar-refractivity contribution in [3.8, 4) is 23.1 Å². The summed E-state index contributed by atoms with van der Waals surface area (Å²) >= 11 is 0. The van der Waals surface area contributed by atoms with Crippen LogP contribution in [0.25, 0.3) is 16.7 Å². The largest absolute Gasteiger partial charge is 0.496 e. The fourth-order valence-corrected chi connectivity index (χ4v) is 5.27. The SMILES string of the molecule is COc1cc2c(C(=O)NNC(=O)OCc3ccccc3)c(N(C(=O)OC(C)(C)C)C(=O)OC(C)(C)C)n(-c3c(C)ccc(OC)c3C)c2nc1OC. The predicted molar refractivity (Wildman–Crippen MR) is 192 cm³/mol. The van der Waals surface area contributed by atoms with E-state index in [1.165, 1.54) is 32.0 Å². The van der Waals surface area contributed by atoms with Crippen LogP contribution in [0.2, 0.25) is 0 Å². The van der Waals surface area contributed by atoms with Gasteiger partial charge in [0.15, 0.2) is 11.4 Å². The molecule has 0 spiro atoms. The Hall–Kier alpha value is -5.99. The Morgan fingerprint density at radius 1 is 0.788 bits per heavy atom. The van der Waals surface area contributed by atoms with E-state index in [0.29, 0.717) is 27.5 Å². The van der Waals surface area contributed by atoms with Crippen molar-refractivity contribution in [2.45, 2.75) is 73.2 Å². The molecule has 2 aromatic heterocycles. The second kappa shape index (κ2) is 15.5. The summed E-state index contributed by atoms with van der Waals surface area (Å²) in [6, 6.07) is 13.9. The minimum absolute atomic E-state index is 0.0363. The van der Waals surface area contributed by atoms with Crippen LogP contribution in [0.1, 0.15) is 68.6 Å². The summed E-state index contributed by atoms with van der Waals surface area (Å²) < 4.78 is 34.9. The quantitative estimate of drug-likeness (QED) is 0.143. The van der Waals surface area contributed by atoms with Crippen molar-refractivity contribution < 1.29 is 47.6 Å². The van der Waals surface area contributed by atoms with Gasteiger partial charge >= 0.3 is 18.3 Å². The molecule has 0 aliphatic heterocycles. The third-order valence-electron chi connectivity index (χ3n) is 7.37. The monoisotopic (exact) mass is 719 g/mol.